The summed E-state index contributed by atoms with van der Waals surface area (Å²) in [4.78, 5) is 26.8. The monoisotopic (exact) mass is 517 g/mol. The first-order valence-electron chi connectivity index (χ1n) is 11.5. The van der Waals surface area contributed by atoms with E-state index in [1.165, 1.54) is 7.11 Å². The van der Waals surface area contributed by atoms with Gasteiger partial charge in [0.25, 0.3) is 5.91 Å². The highest BCUT2D eigenvalue weighted by Gasteiger charge is 2.39. The van der Waals surface area contributed by atoms with Crippen molar-refractivity contribution < 1.29 is 32.2 Å². The van der Waals surface area contributed by atoms with Crippen LogP contribution in [0.15, 0.2) is 48.7 Å². The number of para-hydroxylation sites is 1. The van der Waals surface area contributed by atoms with Crippen LogP contribution < -0.4 is 20.1 Å². The van der Waals surface area contributed by atoms with Gasteiger partial charge in [-0.3, -0.25) is 4.79 Å². The van der Waals surface area contributed by atoms with Crippen molar-refractivity contribution in [3.8, 4) is 17.2 Å². The van der Waals surface area contributed by atoms with Gasteiger partial charge in [0.2, 0.25) is 0 Å². The van der Waals surface area contributed by atoms with Crippen LogP contribution in [0.3, 0.4) is 0 Å². The standard InChI is InChI=1S/C25H26F3N5O4/c1-36-20-12-16-8-11-32(14-17(16)13-21(20)37-2)24(35)30-10-9-29-23(34)19-15-33(18-6-4-3-5-7-18)31-22(19)25(26,27)28/h3-7,12-13,15H,8-11,14H2,1-2H3,(H,29,34)(H,30,35). The zero-order valence-electron chi connectivity index (χ0n) is 20.3. The molecule has 0 unspecified atom stereocenters. The first-order valence-corrected chi connectivity index (χ1v) is 11.5. The number of carbonyl (C=O) groups excluding carboxylic acids is 2. The Morgan fingerprint density at radius 1 is 1.00 bits per heavy atom. The van der Waals surface area contributed by atoms with Crippen molar-refractivity contribution in [1.29, 1.82) is 0 Å². The molecule has 0 saturated heterocycles. The molecule has 3 amide bonds. The maximum Gasteiger partial charge on any atom is 0.435 e. The van der Waals surface area contributed by atoms with E-state index in [0.717, 1.165) is 22.0 Å². The average molecular weight is 518 g/mol. The van der Waals surface area contributed by atoms with Crippen LogP contribution in [-0.4, -0.2) is 60.5 Å². The quantitative estimate of drug-likeness (QED) is 0.469. The number of hydrogen-bond acceptors (Lipinski definition) is 5. The molecular weight excluding hydrogens is 491 g/mol. The molecule has 2 heterocycles. The molecule has 0 atom stereocenters. The van der Waals surface area contributed by atoms with Crippen LogP contribution in [-0.2, 0) is 19.1 Å². The van der Waals surface area contributed by atoms with Gasteiger partial charge in [0.1, 0.15) is 0 Å². The first kappa shape index (κ1) is 25.9. The number of ether oxygens (including phenoxy) is 2. The van der Waals surface area contributed by atoms with Crippen LogP contribution in [0.5, 0.6) is 11.5 Å². The lowest BCUT2D eigenvalue weighted by atomic mass is 9.99. The minimum absolute atomic E-state index is 0.0358. The summed E-state index contributed by atoms with van der Waals surface area (Å²) in [5.74, 6) is 0.259. The van der Waals surface area contributed by atoms with Gasteiger partial charge in [0, 0.05) is 32.4 Å². The second kappa shape index (κ2) is 10.8. The molecule has 0 bridgehead atoms. The highest BCUT2D eigenvalue weighted by molar-refractivity contribution is 5.95. The molecule has 0 radical (unpaired) electrons. The Balaban J connectivity index is 1.33. The van der Waals surface area contributed by atoms with E-state index in [2.05, 4.69) is 15.7 Å². The van der Waals surface area contributed by atoms with Gasteiger partial charge >= 0.3 is 12.2 Å². The van der Waals surface area contributed by atoms with Crippen molar-refractivity contribution >= 4 is 11.9 Å². The van der Waals surface area contributed by atoms with E-state index in [-0.39, 0.29) is 19.1 Å². The number of aromatic nitrogens is 2. The molecule has 0 fully saturated rings. The molecular formula is C25H26F3N5O4. The van der Waals surface area contributed by atoms with Crippen LogP contribution in [0.2, 0.25) is 0 Å². The highest BCUT2D eigenvalue weighted by atomic mass is 19.4. The second-order valence-electron chi connectivity index (χ2n) is 8.30. The number of halogens is 3. The van der Waals surface area contributed by atoms with Crippen LogP contribution in [0.4, 0.5) is 18.0 Å². The number of benzene rings is 2. The molecule has 1 aliphatic heterocycles. The van der Waals surface area contributed by atoms with Gasteiger partial charge in [-0.15, -0.1) is 0 Å². The van der Waals surface area contributed by atoms with E-state index in [9.17, 15) is 22.8 Å². The van der Waals surface area contributed by atoms with Gasteiger partial charge in [-0.05, 0) is 41.8 Å². The summed E-state index contributed by atoms with van der Waals surface area (Å²) in [6.45, 7) is 0.817. The van der Waals surface area contributed by atoms with Gasteiger partial charge in [-0.2, -0.15) is 18.3 Å². The summed E-state index contributed by atoms with van der Waals surface area (Å²) in [7, 11) is 3.10. The maximum absolute atomic E-state index is 13.5. The Hall–Kier alpha value is -4.22. The van der Waals surface area contributed by atoms with E-state index in [4.69, 9.17) is 9.47 Å². The molecule has 12 heteroatoms. The number of urea groups is 1. The van der Waals surface area contributed by atoms with Gasteiger partial charge in [0.05, 0.1) is 25.5 Å². The number of nitrogens with zero attached hydrogens (tertiary/aromatic N) is 3. The molecule has 9 nitrogen and oxygen atoms in total. The summed E-state index contributed by atoms with van der Waals surface area (Å²) >= 11 is 0. The zero-order valence-corrected chi connectivity index (χ0v) is 20.3. The third kappa shape index (κ3) is 5.79. The van der Waals surface area contributed by atoms with Crippen LogP contribution >= 0.6 is 0 Å². The Bertz CT molecular complexity index is 1280. The Labute approximate surface area is 211 Å². The molecule has 0 spiro atoms. The smallest absolute Gasteiger partial charge is 0.435 e. The van der Waals surface area contributed by atoms with Gasteiger partial charge in [0.15, 0.2) is 17.2 Å². The van der Waals surface area contributed by atoms with Gasteiger partial charge in [-0.25, -0.2) is 9.48 Å². The summed E-state index contributed by atoms with van der Waals surface area (Å²) in [6, 6.07) is 11.6. The lowest BCUT2D eigenvalue weighted by molar-refractivity contribution is -0.141. The number of amides is 3. The fraction of sp³-hybridized carbons (Fsp3) is 0.320. The Morgan fingerprint density at radius 2 is 1.65 bits per heavy atom. The SMILES string of the molecule is COc1cc2c(cc1OC)CN(C(=O)NCCNC(=O)c1cn(-c3ccccc3)nc1C(F)(F)F)CC2. The number of methoxy groups -OCH3 is 2. The summed E-state index contributed by atoms with van der Waals surface area (Å²) in [5.41, 5.74) is 0.503. The lowest BCUT2D eigenvalue weighted by Gasteiger charge is -2.29. The predicted molar refractivity (Wildman–Crippen MR) is 128 cm³/mol. The third-order valence-electron chi connectivity index (χ3n) is 5.94. The molecule has 37 heavy (non-hydrogen) atoms. The van der Waals surface area contributed by atoms with E-state index in [1.807, 2.05) is 12.1 Å². The second-order valence-corrected chi connectivity index (χ2v) is 8.30. The van der Waals surface area contributed by atoms with Crippen molar-refractivity contribution in [2.45, 2.75) is 19.1 Å². The molecule has 4 rings (SSSR count). The molecule has 0 saturated carbocycles. The van der Waals surface area contributed by atoms with E-state index in [0.29, 0.717) is 36.7 Å². The largest absolute Gasteiger partial charge is 0.493 e. The molecule has 2 N–H and O–H groups in total. The Kier molecular flexibility index (Phi) is 7.55. The van der Waals surface area contributed by atoms with Crippen LogP contribution in [0, 0.1) is 0 Å². The number of fused-ring (bicyclic) bond motifs is 1. The van der Waals surface area contributed by atoms with Crippen LogP contribution in [0.1, 0.15) is 27.2 Å². The van der Waals surface area contributed by atoms with Crippen molar-refractivity contribution in [2.24, 2.45) is 0 Å². The molecule has 0 aliphatic carbocycles. The molecule has 2 aromatic carbocycles. The van der Waals surface area contributed by atoms with Crippen molar-refractivity contribution in [3.05, 3.63) is 71.0 Å². The van der Waals surface area contributed by atoms with Crippen LogP contribution in [0.25, 0.3) is 5.69 Å². The fourth-order valence-electron chi connectivity index (χ4n) is 4.07. The number of carbonyl (C=O) groups is 2. The number of nitrogens with one attached hydrogen (secondary N) is 2. The number of alkyl halides is 3. The zero-order chi connectivity index (χ0) is 26.6. The van der Waals surface area contributed by atoms with Crippen molar-refractivity contribution in [3.63, 3.8) is 0 Å². The number of hydrogen-bond donors (Lipinski definition) is 2. The number of rotatable bonds is 7. The third-order valence-corrected chi connectivity index (χ3v) is 5.94. The minimum atomic E-state index is -4.81. The topological polar surface area (TPSA) is 97.7 Å². The normalized spacial score (nSPS) is 13.1. The molecule has 1 aromatic heterocycles. The average Bonchev–Trinajstić information content (AvgIpc) is 3.37. The van der Waals surface area contributed by atoms with E-state index in [1.54, 1.807) is 42.3 Å². The molecule has 196 valence electrons. The predicted octanol–water partition coefficient (Wildman–Crippen LogP) is 3.41. The fourth-order valence-corrected chi connectivity index (χ4v) is 4.07. The van der Waals surface area contributed by atoms with E-state index < -0.39 is 23.3 Å². The molecule has 1 aliphatic rings. The molecule has 3 aromatic rings. The summed E-state index contributed by atoms with van der Waals surface area (Å²) < 4.78 is 52.2. The summed E-state index contributed by atoms with van der Waals surface area (Å²) in [5, 5.41) is 8.68. The minimum Gasteiger partial charge on any atom is -0.493 e. The maximum atomic E-state index is 13.5. The van der Waals surface area contributed by atoms with Gasteiger partial charge in [-0.1, -0.05) is 18.2 Å². The first-order chi connectivity index (χ1) is 17.7. The summed E-state index contributed by atoms with van der Waals surface area (Å²) in [6.07, 6.45) is -3.13. The van der Waals surface area contributed by atoms with Gasteiger partial charge < -0.3 is 25.0 Å². The van der Waals surface area contributed by atoms with Crippen molar-refractivity contribution in [2.75, 3.05) is 33.9 Å². The van der Waals surface area contributed by atoms with E-state index >= 15 is 0 Å². The lowest BCUT2D eigenvalue weighted by Crippen LogP contribution is -2.45. The Morgan fingerprint density at radius 3 is 2.30 bits per heavy atom. The van der Waals surface area contributed by atoms with Crippen molar-refractivity contribution in [1.82, 2.24) is 25.3 Å². The highest BCUT2D eigenvalue weighted by Crippen LogP contribution is 2.33.